The fraction of sp³-hybridized carbons (Fsp3) is 0.667. The second kappa shape index (κ2) is 17.2. The van der Waals surface area contributed by atoms with Crippen LogP contribution in [-0.2, 0) is 16.1 Å². The van der Waals surface area contributed by atoms with Gasteiger partial charge in [0.2, 0.25) is 0 Å². The van der Waals surface area contributed by atoms with E-state index in [1.54, 1.807) is 0 Å². The number of piperidine rings is 1. The van der Waals surface area contributed by atoms with Crippen molar-refractivity contribution in [1.82, 2.24) is 15.5 Å². The van der Waals surface area contributed by atoms with Crippen molar-refractivity contribution in [1.29, 1.82) is 0 Å². The summed E-state index contributed by atoms with van der Waals surface area (Å²) in [4.78, 5) is 18.6. The fourth-order valence-electron chi connectivity index (χ4n) is 3.75. The molecule has 1 aliphatic rings. The number of unbranched alkanes of at least 4 members (excludes halogenated alkanes) is 3. The zero-order valence-electron chi connectivity index (χ0n) is 19.3. The Hall–Kier alpha value is -1.35. The summed E-state index contributed by atoms with van der Waals surface area (Å²) in [6.07, 6.45) is 6.93. The summed E-state index contributed by atoms with van der Waals surface area (Å²) in [5, 5.41) is 7.00. The van der Waals surface area contributed by atoms with Gasteiger partial charge in [0.1, 0.15) is 0 Å². The van der Waals surface area contributed by atoms with Crippen LogP contribution in [-0.4, -0.2) is 55.7 Å². The fourth-order valence-corrected chi connectivity index (χ4v) is 3.75. The van der Waals surface area contributed by atoms with E-state index in [1.165, 1.54) is 5.56 Å². The molecular weight excluding hydrogens is 503 g/mol. The number of likely N-dealkylation sites (tertiary alicyclic amines) is 1. The molecule has 31 heavy (non-hydrogen) atoms. The molecule has 1 aromatic rings. The molecule has 0 amide bonds. The van der Waals surface area contributed by atoms with Crippen LogP contribution in [0.3, 0.4) is 0 Å². The number of carbonyl (C=O) groups is 1. The van der Waals surface area contributed by atoms with Crippen molar-refractivity contribution in [2.24, 2.45) is 4.99 Å². The number of benzene rings is 1. The van der Waals surface area contributed by atoms with Gasteiger partial charge >= 0.3 is 5.97 Å². The summed E-state index contributed by atoms with van der Waals surface area (Å²) in [5.41, 5.74) is 1.39. The van der Waals surface area contributed by atoms with Crippen LogP contribution >= 0.6 is 24.0 Å². The summed E-state index contributed by atoms with van der Waals surface area (Å²) in [6, 6.07) is 11.2. The van der Waals surface area contributed by atoms with Gasteiger partial charge in [0.25, 0.3) is 0 Å². The number of hydrogen-bond acceptors (Lipinski definition) is 4. The molecule has 1 heterocycles. The Kier molecular flexibility index (Phi) is 15.4. The number of aliphatic imine (C=N–C) groups is 1. The summed E-state index contributed by atoms with van der Waals surface area (Å²) >= 11 is 0. The molecule has 2 N–H and O–H groups in total. The molecule has 7 heteroatoms. The predicted molar refractivity (Wildman–Crippen MR) is 139 cm³/mol. The van der Waals surface area contributed by atoms with Crippen molar-refractivity contribution >= 4 is 35.9 Å². The highest BCUT2D eigenvalue weighted by molar-refractivity contribution is 14.0. The van der Waals surface area contributed by atoms with Crippen LogP contribution in [0.2, 0.25) is 0 Å². The van der Waals surface area contributed by atoms with Gasteiger partial charge in [-0.3, -0.25) is 14.7 Å². The second-order valence-electron chi connectivity index (χ2n) is 7.91. The van der Waals surface area contributed by atoms with Crippen LogP contribution in [0.25, 0.3) is 0 Å². The molecule has 176 valence electrons. The van der Waals surface area contributed by atoms with Crippen molar-refractivity contribution in [3.63, 3.8) is 0 Å². The molecular formula is C24H41IN4O2. The van der Waals surface area contributed by atoms with E-state index < -0.39 is 0 Å². The van der Waals surface area contributed by atoms with E-state index in [-0.39, 0.29) is 29.9 Å². The highest BCUT2D eigenvalue weighted by Crippen LogP contribution is 2.14. The standard InChI is InChI=1S/C24H40N4O2.HI/c1-3-25-24(26-17-11-6-5-10-14-23(29)30-4-2)27-22-15-18-28(19-16-22)20-21-12-8-7-9-13-21;/h7-9,12-13,22H,3-6,10-11,14-20H2,1-2H3,(H2,25,26,27);1H. The Labute approximate surface area is 205 Å². The number of nitrogens with zero attached hydrogens (tertiary/aromatic N) is 2. The largest absolute Gasteiger partial charge is 0.466 e. The van der Waals surface area contributed by atoms with E-state index in [4.69, 9.17) is 9.73 Å². The third-order valence-corrected chi connectivity index (χ3v) is 5.39. The first kappa shape index (κ1) is 27.7. The first-order valence-corrected chi connectivity index (χ1v) is 11.7. The van der Waals surface area contributed by atoms with E-state index in [0.29, 0.717) is 19.1 Å². The smallest absolute Gasteiger partial charge is 0.305 e. The Morgan fingerprint density at radius 2 is 1.81 bits per heavy atom. The van der Waals surface area contributed by atoms with Crippen molar-refractivity contribution < 1.29 is 9.53 Å². The number of hydrogen-bond donors (Lipinski definition) is 2. The molecule has 1 aliphatic heterocycles. The van der Waals surface area contributed by atoms with Crippen molar-refractivity contribution in [3.05, 3.63) is 35.9 Å². The molecule has 1 aromatic carbocycles. The monoisotopic (exact) mass is 544 g/mol. The Bertz CT molecular complexity index is 619. The van der Waals surface area contributed by atoms with Crippen LogP contribution in [0.1, 0.15) is 64.4 Å². The van der Waals surface area contributed by atoms with E-state index in [1.807, 2.05) is 6.92 Å². The maximum absolute atomic E-state index is 11.3. The van der Waals surface area contributed by atoms with Gasteiger partial charge < -0.3 is 15.4 Å². The Morgan fingerprint density at radius 1 is 1.10 bits per heavy atom. The Balaban J connectivity index is 0.00000480. The predicted octanol–water partition coefficient (Wildman–Crippen LogP) is 4.34. The van der Waals surface area contributed by atoms with Gasteiger partial charge in [-0.05, 0) is 45.1 Å². The van der Waals surface area contributed by atoms with Gasteiger partial charge in [-0.25, -0.2) is 0 Å². The minimum atomic E-state index is -0.0797. The van der Waals surface area contributed by atoms with Gasteiger partial charge in [-0.1, -0.05) is 43.2 Å². The first-order chi connectivity index (χ1) is 14.7. The van der Waals surface area contributed by atoms with Gasteiger partial charge in [-0.15, -0.1) is 24.0 Å². The van der Waals surface area contributed by atoms with E-state index >= 15 is 0 Å². The molecule has 0 radical (unpaired) electrons. The number of guanidine groups is 1. The van der Waals surface area contributed by atoms with Crippen LogP contribution in [0, 0.1) is 0 Å². The summed E-state index contributed by atoms with van der Waals surface area (Å²) in [6.45, 7) is 9.39. The molecule has 6 nitrogen and oxygen atoms in total. The molecule has 0 unspecified atom stereocenters. The SMILES string of the molecule is CCNC(=NCCCCCCC(=O)OCC)NC1CCN(Cc2ccccc2)CC1.I. The first-order valence-electron chi connectivity index (χ1n) is 11.7. The van der Waals surface area contributed by atoms with Crippen molar-refractivity contribution in [3.8, 4) is 0 Å². The number of nitrogens with one attached hydrogen (secondary N) is 2. The molecule has 1 saturated heterocycles. The molecule has 2 rings (SSSR count). The number of carbonyl (C=O) groups excluding carboxylic acids is 1. The van der Waals surface area contributed by atoms with Crippen LogP contribution < -0.4 is 10.6 Å². The molecule has 1 fully saturated rings. The summed E-state index contributed by atoms with van der Waals surface area (Å²) in [5.74, 6) is 0.856. The number of ether oxygens (including phenoxy) is 1. The molecule has 0 aliphatic carbocycles. The van der Waals surface area contributed by atoms with Crippen LogP contribution in [0.4, 0.5) is 0 Å². The van der Waals surface area contributed by atoms with Gasteiger partial charge in [-0.2, -0.15) is 0 Å². The van der Waals surface area contributed by atoms with Gasteiger partial charge in [0.15, 0.2) is 5.96 Å². The molecule has 0 saturated carbocycles. The van der Waals surface area contributed by atoms with Gasteiger partial charge in [0.05, 0.1) is 6.61 Å². The highest BCUT2D eigenvalue weighted by Gasteiger charge is 2.19. The third kappa shape index (κ3) is 12.3. The lowest BCUT2D eigenvalue weighted by molar-refractivity contribution is -0.143. The maximum Gasteiger partial charge on any atom is 0.305 e. The average molecular weight is 545 g/mol. The van der Waals surface area contributed by atoms with Crippen molar-refractivity contribution in [2.75, 3.05) is 32.8 Å². The maximum atomic E-state index is 11.3. The summed E-state index contributed by atoms with van der Waals surface area (Å²) < 4.78 is 4.96. The number of rotatable bonds is 12. The topological polar surface area (TPSA) is 66.0 Å². The van der Waals surface area contributed by atoms with E-state index in [0.717, 1.165) is 77.2 Å². The lowest BCUT2D eigenvalue weighted by atomic mass is 10.0. The lowest BCUT2D eigenvalue weighted by Crippen LogP contribution is -2.48. The minimum absolute atomic E-state index is 0. The lowest BCUT2D eigenvalue weighted by Gasteiger charge is -2.33. The average Bonchev–Trinajstić information content (AvgIpc) is 2.75. The van der Waals surface area contributed by atoms with E-state index in [2.05, 4.69) is 52.8 Å². The summed E-state index contributed by atoms with van der Waals surface area (Å²) in [7, 11) is 0. The number of halogens is 1. The minimum Gasteiger partial charge on any atom is -0.466 e. The van der Waals surface area contributed by atoms with Gasteiger partial charge in [0, 0.05) is 45.2 Å². The molecule has 0 atom stereocenters. The second-order valence-corrected chi connectivity index (χ2v) is 7.91. The van der Waals surface area contributed by atoms with Crippen LogP contribution in [0.5, 0.6) is 0 Å². The molecule has 0 bridgehead atoms. The number of esters is 1. The van der Waals surface area contributed by atoms with Crippen LogP contribution in [0.15, 0.2) is 35.3 Å². The Morgan fingerprint density at radius 3 is 2.48 bits per heavy atom. The third-order valence-electron chi connectivity index (χ3n) is 5.39. The molecule has 0 aromatic heterocycles. The normalized spacial score (nSPS) is 15.2. The van der Waals surface area contributed by atoms with E-state index in [9.17, 15) is 4.79 Å². The quantitative estimate of drug-likeness (QED) is 0.135. The van der Waals surface area contributed by atoms with Crippen molar-refractivity contribution in [2.45, 2.75) is 71.4 Å². The highest BCUT2D eigenvalue weighted by atomic mass is 127. The zero-order valence-corrected chi connectivity index (χ0v) is 21.6. The zero-order chi connectivity index (χ0) is 21.4. The molecule has 0 spiro atoms.